The predicted octanol–water partition coefficient (Wildman–Crippen LogP) is 4.89. The molecule has 0 atom stereocenters. The first-order valence-corrected chi connectivity index (χ1v) is 13.3. The maximum absolute atomic E-state index is 15.0. The molecule has 0 unspecified atom stereocenters. The molecular weight excluding hydrogens is 550 g/mol. The average Bonchev–Trinajstić information content (AvgIpc) is 3.32. The molecule has 3 heterocycles. The van der Waals surface area contributed by atoms with Gasteiger partial charge in [0.1, 0.15) is 17.1 Å². The van der Waals surface area contributed by atoms with E-state index in [2.05, 4.69) is 27.0 Å². The lowest BCUT2D eigenvalue weighted by Gasteiger charge is -2.35. The Labute approximate surface area is 240 Å². The maximum Gasteiger partial charge on any atom is 0.294 e. The standard InChI is InChI=1S/C29H30F2N6O5/c1-5-35-8-10-36(11-9-35)18-6-7-19(20(14-18)37(39)40)33-25-13-17-12-21(34(2)22(17)16-32-25)29(38)26-27(30)23(41-3)15-24(42-4)28(26)31/h6-7,12-16H,5,8-11H2,1-4H3,(H,32,33). The Bertz CT molecular complexity index is 1660. The number of hydrogen-bond donors (Lipinski definition) is 1. The molecule has 1 aliphatic heterocycles. The van der Waals surface area contributed by atoms with Gasteiger partial charge < -0.3 is 29.2 Å². The van der Waals surface area contributed by atoms with Crippen LogP contribution < -0.4 is 19.7 Å². The van der Waals surface area contributed by atoms with Crippen molar-refractivity contribution < 1.29 is 28.0 Å². The number of nitrogens with one attached hydrogen (secondary N) is 1. The zero-order valence-electron chi connectivity index (χ0n) is 23.6. The molecule has 0 amide bonds. The Morgan fingerprint density at radius 3 is 2.31 bits per heavy atom. The molecular formula is C29H30F2N6O5. The summed E-state index contributed by atoms with van der Waals surface area (Å²) in [7, 11) is 3.97. The van der Waals surface area contributed by atoms with Crippen molar-refractivity contribution in [2.45, 2.75) is 6.92 Å². The maximum atomic E-state index is 15.0. The highest BCUT2D eigenvalue weighted by Crippen LogP contribution is 2.35. The van der Waals surface area contributed by atoms with Crippen molar-refractivity contribution in [3.05, 3.63) is 75.6 Å². The first kappa shape index (κ1) is 28.7. The summed E-state index contributed by atoms with van der Waals surface area (Å²) in [6, 6.07) is 9.14. The quantitative estimate of drug-likeness (QED) is 0.168. The lowest BCUT2D eigenvalue weighted by Crippen LogP contribution is -2.46. The normalized spacial score (nSPS) is 13.8. The smallest absolute Gasteiger partial charge is 0.294 e. The van der Waals surface area contributed by atoms with Gasteiger partial charge in [-0.3, -0.25) is 14.9 Å². The van der Waals surface area contributed by atoms with Gasteiger partial charge in [0.2, 0.25) is 5.78 Å². The van der Waals surface area contributed by atoms with E-state index >= 15 is 8.78 Å². The van der Waals surface area contributed by atoms with Crippen LogP contribution in [0, 0.1) is 21.7 Å². The van der Waals surface area contributed by atoms with E-state index in [0.717, 1.165) is 44.5 Å². The van der Waals surface area contributed by atoms with Gasteiger partial charge in [0.15, 0.2) is 23.1 Å². The van der Waals surface area contributed by atoms with Crippen molar-refractivity contribution in [3.63, 3.8) is 0 Å². The minimum Gasteiger partial charge on any atom is -0.494 e. The molecule has 0 spiro atoms. The number of nitrogens with zero attached hydrogens (tertiary/aromatic N) is 5. The fraction of sp³-hybridized carbons (Fsp3) is 0.310. The first-order valence-electron chi connectivity index (χ1n) is 13.3. The number of rotatable bonds is 9. The van der Waals surface area contributed by atoms with E-state index < -0.39 is 27.9 Å². The lowest BCUT2D eigenvalue weighted by atomic mass is 10.1. The molecule has 2 aromatic heterocycles. The number of anilines is 3. The van der Waals surface area contributed by atoms with Crippen molar-refractivity contribution in [2.75, 3.05) is 57.2 Å². The lowest BCUT2D eigenvalue weighted by molar-refractivity contribution is -0.383. The molecule has 0 saturated carbocycles. The largest absolute Gasteiger partial charge is 0.494 e. The summed E-state index contributed by atoms with van der Waals surface area (Å²) in [4.78, 5) is 33.7. The van der Waals surface area contributed by atoms with Crippen LogP contribution in [0.3, 0.4) is 0 Å². The van der Waals surface area contributed by atoms with Crippen LogP contribution in [0.1, 0.15) is 23.0 Å². The Morgan fingerprint density at radius 2 is 1.71 bits per heavy atom. The molecule has 0 aliphatic carbocycles. The number of hydrogen-bond acceptors (Lipinski definition) is 9. The number of piperazine rings is 1. The topological polar surface area (TPSA) is 115 Å². The van der Waals surface area contributed by atoms with E-state index in [4.69, 9.17) is 9.47 Å². The minimum atomic E-state index is -1.14. The summed E-state index contributed by atoms with van der Waals surface area (Å²) < 4.78 is 41.4. The number of carbonyl (C=O) groups excluding carboxylic acids is 1. The van der Waals surface area contributed by atoms with Gasteiger partial charge >= 0.3 is 0 Å². The number of likely N-dealkylation sites (N-methyl/N-ethyl adjacent to an activating group) is 1. The zero-order chi connectivity index (χ0) is 30.1. The highest BCUT2D eigenvalue weighted by Gasteiger charge is 2.29. The van der Waals surface area contributed by atoms with E-state index in [1.165, 1.54) is 31.0 Å². The number of halogens is 2. The molecule has 0 radical (unpaired) electrons. The number of fused-ring (bicyclic) bond motifs is 1. The third kappa shape index (κ3) is 5.18. The number of ether oxygens (including phenoxy) is 2. The third-order valence-electron chi connectivity index (χ3n) is 7.59. The second-order valence-corrected chi connectivity index (χ2v) is 9.84. The minimum absolute atomic E-state index is 0.00411. The van der Waals surface area contributed by atoms with Crippen LogP contribution >= 0.6 is 0 Å². The molecule has 2 aromatic carbocycles. The van der Waals surface area contributed by atoms with Gasteiger partial charge in [-0.25, -0.2) is 13.8 Å². The fourth-order valence-electron chi connectivity index (χ4n) is 5.17. The van der Waals surface area contributed by atoms with Crippen molar-refractivity contribution >= 4 is 39.6 Å². The number of methoxy groups -OCH3 is 2. The summed E-state index contributed by atoms with van der Waals surface area (Å²) in [6.07, 6.45) is 1.47. The monoisotopic (exact) mass is 580 g/mol. The number of ketones is 1. The number of carbonyl (C=O) groups is 1. The van der Waals surface area contributed by atoms with Crippen LogP contribution in [0.25, 0.3) is 10.9 Å². The van der Waals surface area contributed by atoms with Crippen LogP contribution in [0.5, 0.6) is 11.5 Å². The highest BCUT2D eigenvalue weighted by molar-refractivity contribution is 6.11. The molecule has 4 aromatic rings. The molecule has 13 heteroatoms. The zero-order valence-corrected chi connectivity index (χ0v) is 23.6. The van der Waals surface area contributed by atoms with Crippen LogP contribution in [-0.2, 0) is 7.05 Å². The Morgan fingerprint density at radius 1 is 1.05 bits per heavy atom. The van der Waals surface area contributed by atoms with Crippen molar-refractivity contribution in [3.8, 4) is 11.5 Å². The number of aryl methyl sites for hydroxylation is 1. The molecule has 42 heavy (non-hydrogen) atoms. The van der Waals surface area contributed by atoms with Crippen LogP contribution in [0.2, 0.25) is 0 Å². The second kappa shape index (κ2) is 11.6. The van der Waals surface area contributed by atoms with Gasteiger partial charge in [-0.1, -0.05) is 6.92 Å². The van der Waals surface area contributed by atoms with Crippen molar-refractivity contribution in [2.24, 2.45) is 7.05 Å². The summed E-state index contributed by atoms with van der Waals surface area (Å²) in [5, 5.41) is 15.5. The predicted molar refractivity (Wildman–Crippen MR) is 154 cm³/mol. The average molecular weight is 581 g/mol. The third-order valence-corrected chi connectivity index (χ3v) is 7.59. The number of pyridine rings is 1. The Kier molecular flexibility index (Phi) is 7.94. The summed E-state index contributed by atoms with van der Waals surface area (Å²) in [5.41, 5.74) is 0.615. The molecule has 0 bridgehead atoms. The van der Waals surface area contributed by atoms with E-state index in [-0.39, 0.29) is 28.6 Å². The van der Waals surface area contributed by atoms with Gasteiger partial charge in [0.05, 0.1) is 36.6 Å². The molecule has 11 nitrogen and oxygen atoms in total. The molecule has 1 saturated heterocycles. The summed E-state index contributed by atoms with van der Waals surface area (Å²) in [5.74, 6) is -3.58. The van der Waals surface area contributed by atoms with E-state index in [9.17, 15) is 14.9 Å². The van der Waals surface area contributed by atoms with Gasteiger partial charge in [-0.2, -0.15) is 0 Å². The second-order valence-electron chi connectivity index (χ2n) is 9.84. The van der Waals surface area contributed by atoms with Gasteiger partial charge in [0, 0.05) is 56.4 Å². The Balaban J connectivity index is 1.45. The van der Waals surface area contributed by atoms with Crippen LogP contribution in [0.15, 0.2) is 42.6 Å². The van der Waals surface area contributed by atoms with Gasteiger partial charge in [-0.05, 0) is 30.8 Å². The number of aromatic nitrogens is 2. The number of nitro groups is 1. The van der Waals surface area contributed by atoms with Crippen LogP contribution in [0.4, 0.5) is 31.7 Å². The highest BCUT2D eigenvalue weighted by atomic mass is 19.1. The van der Waals surface area contributed by atoms with Crippen molar-refractivity contribution in [1.82, 2.24) is 14.5 Å². The SMILES string of the molecule is CCN1CCN(c2ccc(Nc3cc4cc(C(=O)c5c(F)c(OC)cc(OC)c5F)n(C)c4cn3)c([N+](=O)[O-])c2)CC1. The van der Waals surface area contributed by atoms with E-state index in [1.807, 2.05) is 6.07 Å². The van der Waals surface area contributed by atoms with Crippen molar-refractivity contribution in [1.29, 1.82) is 0 Å². The van der Waals surface area contributed by atoms with Gasteiger partial charge in [0.25, 0.3) is 5.69 Å². The molecule has 1 fully saturated rings. The molecule has 1 aliphatic rings. The van der Waals surface area contributed by atoms with E-state index in [0.29, 0.717) is 16.7 Å². The molecule has 1 N–H and O–H groups in total. The van der Waals surface area contributed by atoms with Gasteiger partial charge in [-0.15, -0.1) is 0 Å². The van der Waals surface area contributed by atoms with Crippen LogP contribution in [-0.4, -0.2) is 72.1 Å². The fourth-order valence-corrected chi connectivity index (χ4v) is 5.17. The Hall–Kier alpha value is -4.78. The van der Waals surface area contributed by atoms with E-state index in [1.54, 1.807) is 25.2 Å². The summed E-state index contributed by atoms with van der Waals surface area (Å²) in [6.45, 7) is 6.41. The number of nitro benzene ring substituents is 1. The number of benzene rings is 2. The molecule has 5 rings (SSSR count). The first-order chi connectivity index (χ1) is 20.2. The molecule has 220 valence electrons. The summed E-state index contributed by atoms with van der Waals surface area (Å²) >= 11 is 0.